The van der Waals surface area contributed by atoms with Gasteiger partial charge >= 0.3 is 0 Å². The van der Waals surface area contributed by atoms with E-state index < -0.39 is 0 Å². The summed E-state index contributed by atoms with van der Waals surface area (Å²) in [4.78, 5) is 15.1. The molecule has 0 aliphatic carbocycles. The highest BCUT2D eigenvalue weighted by molar-refractivity contribution is 5.97. The maximum absolute atomic E-state index is 12.9. The van der Waals surface area contributed by atoms with E-state index in [1.165, 1.54) is 11.1 Å². The fourth-order valence-electron chi connectivity index (χ4n) is 3.92. The number of carbonyl (C=O) groups excluding carboxylic acids is 1. The third-order valence-electron chi connectivity index (χ3n) is 5.69. The third-order valence-corrected chi connectivity index (χ3v) is 5.69. The van der Waals surface area contributed by atoms with Gasteiger partial charge in [0.1, 0.15) is 0 Å². The first kappa shape index (κ1) is 19.3. The summed E-state index contributed by atoms with van der Waals surface area (Å²) in [6.45, 7) is 3.50. The van der Waals surface area contributed by atoms with Gasteiger partial charge in [0.05, 0.1) is 20.3 Å². The Kier molecular flexibility index (Phi) is 5.41. The second-order valence-corrected chi connectivity index (χ2v) is 7.42. The van der Waals surface area contributed by atoms with E-state index in [0.29, 0.717) is 6.54 Å². The Labute approximate surface area is 171 Å². The molecule has 0 spiro atoms. The maximum atomic E-state index is 12.9. The molecule has 0 bridgehead atoms. The highest BCUT2D eigenvalue weighted by atomic mass is 16.5. The molecule has 1 heterocycles. The zero-order chi connectivity index (χ0) is 20.4. The Morgan fingerprint density at radius 1 is 0.966 bits per heavy atom. The summed E-state index contributed by atoms with van der Waals surface area (Å²) in [5.74, 6) is 1.48. The van der Waals surface area contributed by atoms with Gasteiger partial charge in [-0.15, -0.1) is 0 Å². The molecule has 0 aromatic heterocycles. The quantitative estimate of drug-likeness (QED) is 0.708. The van der Waals surface area contributed by atoms with Gasteiger partial charge in [0, 0.05) is 18.8 Å². The molecule has 150 valence electrons. The average molecular weight is 390 g/mol. The van der Waals surface area contributed by atoms with Crippen molar-refractivity contribution in [1.29, 1.82) is 0 Å². The van der Waals surface area contributed by atoms with E-state index in [1.54, 1.807) is 14.2 Å². The molecule has 4 rings (SSSR count). The Bertz CT molecular complexity index is 1050. The minimum absolute atomic E-state index is 0.00390. The molecule has 1 aliphatic heterocycles. The van der Waals surface area contributed by atoms with Crippen LogP contribution in [0.2, 0.25) is 0 Å². The van der Waals surface area contributed by atoms with Crippen LogP contribution in [0.25, 0.3) is 10.8 Å². The van der Waals surface area contributed by atoms with Crippen molar-refractivity contribution in [3.05, 3.63) is 65.7 Å². The Morgan fingerprint density at radius 2 is 1.66 bits per heavy atom. The second-order valence-electron chi connectivity index (χ2n) is 7.42. The molecule has 3 aromatic rings. The molecule has 5 nitrogen and oxygen atoms in total. The Morgan fingerprint density at radius 3 is 2.38 bits per heavy atom. The number of amides is 1. The van der Waals surface area contributed by atoms with Crippen molar-refractivity contribution >= 4 is 22.4 Å². The molecule has 0 saturated heterocycles. The highest BCUT2D eigenvalue weighted by Gasteiger charge is 2.26. The molecule has 1 N–H and O–H groups in total. The number of hydrogen-bond acceptors (Lipinski definition) is 4. The van der Waals surface area contributed by atoms with Gasteiger partial charge in [-0.1, -0.05) is 30.3 Å². The molecule has 0 unspecified atom stereocenters. The highest BCUT2D eigenvalue weighted by Crippen LogP contribution is 2.33. The van der Waals surface area contributed by atoms with Gasteiger partial charge in [0.15, 0.2) is 11.5 Å². The molecular weight excluding hydrogens is 364 g/mol. The molecule has 1 atom stereocenters. The summed E-state index contributed by atoms with van der Waals surface area (Å²) in [7, 11) is 3.29. The zero-order valence-corrected chi connectivity index (χ0v) is 17.1. The van der Waals surface area contributed by atoms with E-state index >= 15 is 0 Å². The average Bonchev–Trinajstić information content (AvgIpc) is 2.77. The molecule has 1 aliphatic rings. The number of anilines is 1. The van der Waals surface area contributed by atoms with E-state index in [-0.39, 0.29) is 11.9 Å². The normalized spacial score (nSPS) is 14.9. The van der Waals surface area contributed by atoms with Gasteiger partial charge in [-0.3, -0.25) is 9.69 Å². The van der Waals surface area contributed by atoms with Gasteiger partial charge in [0.2, 0.25) is 5.91 Å². The number of rotatable bonds is 5. The number of fused-ring (bicyclic) bond motifs is 2. The van der Waals surface area contributed by atoms with Gasteiger partial charge in [-0.2, -0.15) is 0 Å². The molecular formula is C24H26N2O3. The molecule has 5 heteroatoms. The van der Waals surface area contributed by atoms with Crippen LogP contribution in [0, 0.1) is 0 Å². The standard InChI is InChI=1S/C24H26N2O3/c1-16(24(27)25-21-9-8-17-6-4-5-7-18(17)12-21)26-11-10-19-13-22(28-2)23(29-3)14-20(19)15-26/h4-9,12-14,16H,10-11,15H2,1-3H3,(H,25,27)/t16-/m1/s1. The van der Waals surface area contributed by atoms with Crippen molar-refractivity contribution in [2.24, 2.45) is 0 Å². The Balaban J connectivity index is 1.48. The lowest BCUT2D eigenvalue weighted by atomic mass is 9.97. The van der Waals surface area contributed by atoms with Crippen molar-refractivity contribution in [2.45, 2.75) is 25.9 Å². The molecule has 3 aromatic carbocycles. The summed E-state index contributed by atoms with van der Waals surface area (Å²) in [6.07, 6.45) is 0.878. The van der Waals surface area contributed by atoms with Crippen LogP contribution in [0.1, 0.15) is 18.1 Å². The van der Waals surface area contributed by atoms with E-state index in [9.17, 15) is 4.79 Å². The number of nitrogens with one attached hydrogen (secondary N) is 1. The number of carbonyl (C=O) groups is 1. The number of benzene rings is 3. The van der Waals surface area contributed by atoms with E-state index in [1.807, 2.05) is 49.4 Å². The van der Waals surface area contributed by atoms with Crippen LogP contribution >= 0.6 is 0 Å². The Hall–Kier alpha value is -3.05. The summed E-state index contributed by atoms with van der Waals surface area (Å²) >= 11 is 0. The van der Waals surface area contributed by atoms with Crippen LogP contribution in [0.5, 0.6) is 11.5 Å². The van der Waals surface area contributed by atoms with Gasteiger partial charge in [-0.25, -0.2) is 0 Å². The third kappa shape index (κ3) is 3.91. The van der Waals surface area contributed by atoms with Crippen molar-refractivity contribution in [2.75, 3.05) is 26.1 Å². The lowest BCUT2D eigenvalue weighted by molar-refractivity contribution is -0.121. The fraction of sp³-hybridized carbons (Fsp3) is 0.292. The number of nitrogens with zero attached hydrogens (tertiary/aromatic N) is 1. The summed E-state index contributed by atoms with van der Waals surface area (Å²) in [6, 6.07) is 18.0. The van der Waals surface area contributed by atoms with Crippen molar-refractivity contribution in [3.63, 3.8) is 0 Å². The maximum Gasteiger partial charge on any atom is 0.241 e. The lowest BCUT2D eigenvalue weighted by Crippen LogP contribution is -2.44. The monoisotopic (exact) mass is 390 g/mol. The minimum Gasteiger partial charge on any atom is -0.493 e. The van der Waals surface area contributed by atoms with Crippen LogP contribution in [0.3, 0.4) is 0 Å². The number of hydrogen-bond donors (Lipinski definition) is 1. The van der Waals surface area contributed by atoms with Gasteiger partial charge in [-0.05, 0) is 59.5 Å². The molecule has 0 radical (unpaired) electrons. The molecule has 1 amide bonds. The zero-order valence-electron chi connectivity index (χ0n) is 17.1. The SMILES string of the molecule is COc1cc2c(cc1OC)CN([C@H](C)C(=O)Nc1ccc3ccccc3c1)CC2. The van der Waals surface area contributed by atoms with Crippen molar-refractivity contribution < 1.29 is 14.3 Å². The first-order chi connectivity index (χ1) is 14.1. The van der Waals surface area contributed by atoms with Crippen LogP contribution in [0.15, 0.2) is 54.6 Å². The number of methoxy groups -OCH3 is 2. The van der Waals surface area contributed by atoms with Crippen molar-refractivity contribution in [1.82, 2.24) is 4.90 Å². The molecule has 0 saturated carbocycles. The minimum atomic E-state index is -0.234. The predicted octanol–water partition coefficient (Wildman–Crippen LogP) is 4.24. The van der Waals surface area contributed by atoms with E-state index in [2.05, 4.69) is 22.3 Å². The largest absolute Gasteiger partial charge is 0.493 e. The first-order valence-electron chi connectivity index (χ1n) is 9.86. The lowest BCUT2D eigenvalue weighted by Gasteiger charge is -2.33. The van der Waals surface area contributed by atoms with Crippen LogP contribution in [-0.4, -0.2) is 37.6 Å². The van der Waals surface area contributed by atoms with Crippen LogP contribution in [0.4, 0.5) is 5.69 Å². The van der Waals surface area contributed by atoms with Gasteiger partial charge < -0.3 is 14.8 Å². The van der Waals surface area contributed by atoms with Crippen molar-refractivity contribution in [3.8, 4) is 11.5 Å². The number of ether oxygens (including phenoxy) is 2. The fourth-order valence-corrected chi connectivity index (χ4v) is 3.92. The summed E-state index contributed by atoms with van der Waals surface area (Å²) < 4.78 is 10.8. The first-order valence-corrected chi connectivity index (χ1v) is 9.86. The smallest absolute Gasteiger partial charge is 0.241 e. The van der Waals surface area contributed by atoms with Crippen LogP contribution in [-0.2, 0) is 17.8 Å². The molecule has 0 fully saturated rings. The molecule has 29 heavy (non-hydrogen) atoms. The van der Waals surface area contributed by atoms with Gasteiger partial charge in [0.25, 0.3) is 0 Å². The summed E-state index contributed by atoms with van der Waals surface area (Å²) in [5, 5.41) is 5.35. The topological polar surface area (TPSA) is 50.8 Å². The van der Waals surface area contributed by atoms with E-state index in [4.69, 9.17) is 9.47 Å². The summed E-state index contributed by atoms with van der Waals surface area (Å²) in [5.41, 5.74) is 3.25. The predicted molar refractivity (Wildman–Crippen MR) is 116 cm³/mol. The van der Waals surface area contributed by atoms with E-state index in [0.717, 1.165) is 40.9 Å². The second kappa shape index (κ2) is 8.13. The van der Waals surface area contributed by atoms with Crippen LogP contribution < -0.4 is 14.8 Å².